The van der Waals surface area contributed by atoms with Gasteiger partial charge in [-0.2, -0.15) is 0 Å². The van der Waals surface area contributed by atoms with Gasteiger partial charge in [-0.3, -0.25) is 0 Å². The van der Waals surface area contributed by atoms with E-state index in [-0.39, 0.29) is 0 Å². The number of tetrazole rings is 1. The van der Waals surface area contributed by atoms with Crippen LogP contribution in [-0.2, 0) is 6.61 Å². The van der Waals surface area contributed by atoms with Crippen LogP contribution in [0.3, 0.4) is 0 Å². The molecule has 19 heavy (non-hydrogen) atoms. The molecule has 0 amide bonds. The van der Waals surface area contributed by atoms with Gasteiger partial charge in [-0.05, 0) is 46.1 Å². The molecule has 0 radical (unpaired) electrons. The van der Waals surface area contributed by atoms with Crippen LogP contribution >= 0.6 is 22.9 Å². The van der Waals surface area contributed by atoms with Crippen molar-refractivity contribution in [1.82, 2.24) is 20.2 Å². The van der Waals surface area contributed by atoms with Gasteiger partial charge < -0.3 is 4.74 Å². The molecule has 2 aromatic heterocycles. The van der Waals surface area contributed by atoms with Gasteiger partial charge in [0, 0.05) is 0 Å². The van der Waals surface area contributed by atoms with Crippen molar-refractivity contribution in [2.75, 3.05) is 0 Å². The highest BCUT2D eigenvalue weighted by Crippen LogP contribution is 2.24. The molecule has 96 valence electrons. The highest BCUT2D eigenvalue weighted by atomic mass is 35.5. The van der Waals surface area contributed by atoms with Gasteiger partial charge in [-0.15, -0.1) is 16.4 Å². The van der Waals surface area contributed by atoms with Gasteiger partial charge in [-0.25, -0.2) is 4.68 Å². The van der Waals surface area contributed by atoms with Gasteiger partial charge in [0.25, 0.3) is 0 Å². The molecule has 0 saturated heterocycles. The lowest BCUT2D eigenvalue weighted by Crippen LogP contribution is -1.96. The molecule has 0 fully saturated rings. The van der Waals surface area contributed by atoms with Crippen molar-refractivity contribution in [3.8, 4) is 11.4 Å². The molecule has 0 atom stereocenters. The maximum Gasteiger partial charge on any atom is 0.143 e. The van der Waals surface area contributed by atoms with Gasteiger partial charge in [0.2, 0.25) is 0 Å². The lowest BCUT2D eigenvalue weighted by atomic mass is 10.3. The number of rotatable bonds is 4. The normalized spacial score (nSPS) is 10.6. The Bertz CT molecular complexity index is 651. The van der Waals surface area contributed by atoms with Gasteiger partial charge in [0.1, 0.15) is 18.7 Å². The number of thiophene rings is 1. The highest BCUT2D eigenvalue weighted by Gasteiger charge is 2.03. The van der Waals surface area contributed by atoms with Crippen LogP contribution in [-0.4, -0.2) is 20.2 Å². The summed E-state index contributed by atoms with van der Waals surface area (Å²) in [5.41, 5.74) is 0.881. The largest absolute Gasteiger partial charge is 0.488 e. The van der Waals surface area contributed by atoms with Gasteiger partial charge in [-0.1, -0.05) is 11.6 Å². The molecule has 3 rings (SSSR count). The van der Waals surface area contributed by atoms with Crippen LogP contribution < -0.4 is 4.74 Å². The molecule has 0 spiro atoms. The third-order valence-electron chi connectivity index (χ3n) is 2.51. The van der Waals surface area contributed by atoms with Crippen molar-refractivity contribution in [3.05, 3.63) is 51.9 Å². The minimum Gasteiger partial charge on any atom is -0.488 e. The molecule has 0 N–H and O–H groups in total. The van der Waals surface area contributed by atoms with Gasteiger partial charge in [0.15, 0.2) is 0 Å². The van der Waals surface area contributed by atoms with Crippen LogP contribution in [0.25, 0.3) is 5.69 Å². The first-order valence-electron chi connectivity index (χ1n) is 5.51. The fourth-order valence-corrected chi connectivity index (χ4v) is 2.55. The fourth-order valence-electron chi connectivity index (χ4n) is 1.55. The summed E-state index contributed by atoms with van der Waals surface area (Å²) in [5, 5.41) is 13.7. The lowest BCUT2D eigenvalue weighted by molar-refractivity contribution is 0.310. The maximum absolute atomic E-state index is 6.00. The molecular formula is C12H9ClN4OS. The van der Waals surface area contributed by atoms with Crippen LogP contribution in [0.1, 0.15) is 4.88 Å². The standard InChI is InChI=1S/C12H9ClN4OS/c13-11-5-6-19-12(11)7-18-10-3-1-9(2-4-10)17-8-14-15-16-17/h1-6,8H,7H2. The topological polar surface area (TPSA) is 52.8 Å². The number of aromatic nitrogens is 4. The van der Waals surface area contributed by atoms with Crippen molar-refractivity contribution in [1.29, 1.82) is 0 Å². The Labute approximate surface area is 118 Å². The minimum atomic E-state index is 0.473. The van der Waals surface area contributed by atoms with Gasteiger partial charge in [0.05, 0.1) is 15.6 Å². The Hall–Kier alpha value is -1.92. The number of halogens is 1. The number of benzene rings is 1. The number of hydrogen-bond acceptors (Lipinski definition) is 5. The second-order valence-electron chi connectivity index (χ2n) is 3.73. The Morgan fingerprint density at radius 2 is 2.05 bits per heavy atom. The summed E-state index contributed by atoms with van der Waals surface area (Å²) in [6.45, 7) is 0.473. The van der Waals surface area contributed by atoms with E-state index in [1.807, 2.05) is 35.7 Å². The zero-order valence-corrected chi connectivity index (χ0v) is 11.3. The van der Waals surface area contributed by atoms with Crippen molar-refractivity contribution >= 4 is 22.9 Å². The molecule has 0 aliphatic rings. The van der Waals surface area contributed by atoms with Gasteiger partial charge >= 0.3 is 0 Å². The molecular weight excluding hydrogens is 284 g/mol. The fraction of sp³-hybridized carbons (Fsp3) is 0.0833. The van der Waals surface area contributed by atoms with Crippen molar-refractivity contribution in [2.45, 2.75) is 6.61 Å². The summed E-state index contributed by atoms with van der Waals surface area (Å²) in [5.74, 6) is 0.779. The van der Waals surface area contributed by atoms with E-state index in [4.69, 9.17) is 16.3 Å². The van der Waals surface area contributed by atoms with E-state index in [1.165, 1.54) is 0 Å². The molecule has 2 heterocycles. The monoisotopic (exact) mass is 292 g/mol. The summed E-state index contributed by atoms with van der Waals surface area (Å²) in [6.07, 6.45) is 1.54. The molecule has 1 aromatic carbocycles. The van der Waals surface area contributed by atoms with Crippen molar-refractivity contribution < 1.29 is 4.74 Å². The zero-order chi connectivity index (χ0) is 13.1. The van der Waals surface area contributed by atoms with E-state index in [1.54, 1.807) is 22.3 Å². The maximum atomic E-state index is 6.00. The molecule has 3 aromatic rings. The van der Waals surface area contributed by atoms with Crippen LogP contribution in [0.2, 0.25) is 5.02 Å². The smallest absolute Gasteiger partial charge is 0.143 e. The summed E-state index contributed by atoms with van der Waals surface area (Å²) in [4.78, 5) is 1.02. The highest BCUT2D eigenvalue weighted by molar-refractivity contribution is 7.10. The van der Waals surface area contributed by atoms with E-state index >= 15 is 0 Å². The van der Waals surface area contributed by atoms with Crippen LogP contribution in [0.4, 0.5) is 0 Å². The first-order chi connectivity index (χ1) is 9.33. The average Bonchev–Trinajstić information content (AvgIpc) is 3.09. The van der Waals surface area contributed by atoms with Crippen LogP contribution in [0.5, 0.6) is 5.75 Å². The Morgan fingerprint density at radius 1 is 1.21 bits per heavy atom. The van der Waals surface area contributed by atoms with E-state index in [0.29, 0.717) is 6.61 Å². The summed E-state index contributed by atoms with van der Waals surface area (Å²) >= 11 is 7.59. The quantitative estimate of drug-likeness (QED) is 0.742. The van der Waals surface area contributed by atoms with E-state index in [9.17, 15) is 0 Å². The first kappa shape index (κ1) is 12.1. The Kier molecular flexibility index (Phi) is 3.43. The number of ether oxygens (including phenoxy) is 1. The van der Waals surface area contributed by atoms with Crippen LogP contribution in [0, 0.1) is 0 Å². The predicted octanol–water partition coefficient (Wildman–Crippen LogP) is 2.96. The number of hydrogen-bond donors (Lipinski definition) is 0. The van der Waals surface area contributed by atoms with Crippen molar-refractivity contribution in [2.24, 2.45) is 0 Å². The molecule has 5 nitrogen and oxygen atoms in total. The third-order valence-corrected chi connectivity index (χ3v) is 3.87. The summed E-state index contributed by atoms with van der Waals surface area (Å²) < 4.78 is 7.25. The van der Waals surface area contributed by atoms with Crippen LogP contribution in [0.15, 0.2) is 42.0 Å². The molecule has 0 bridgehead atoms. The third kappa shape index (κ3) is 2.74. The second kappa shape index (κ2) is 5.38. The average molecular weight is 293 g/mol. The van der Waals surface area contributed by atoms with E-state index in [0.717, 1.165) is 21.3 Å². The first-order valence-corrected chi connectivity index (χ1v) is 6.77. The molecule has 0 aliphatic carbocycles. The molecule has 7 heteroatoms. The molecule has 0 unspecified atom stereocenters. The molecule has 0 saturated carbocycles. The second-order valence-corrected chi connectivity index (χ2v) is 5.14. The predicted molar refractivity (Wildman–Crippen MR) is 72.8 cm³/mol. The van der Waals surface area contributed by atoms with E-state index in [2.05, 4.69) is 15.5 Å². The summed E-state index contributed by atoms with van der Waals surface area (Å²) in [7, 11) is 0. The minimum absolute atomic E-state index is 0.473. The van der Waals surface area contributed by atoms with E-state index < -0.39 is 0 Å². The Balaban J connectivity index is 1.68. The number of nitrogens with zero attached hydrogens (tertiary/aromatic N) is 4. The SMILES string of the molecule is Clc1ccsc1COc1ccc(-n2cnnn2)cc1. The zero-order valence-electron chi connectivity index (χ0n) is 9.73. The molecule has 0 aliphatic heterocycles. The Morgan fingerprint density at radius 3 is 2.68 bits per heavy atom. The lowest BCUT2D eigenvalue weighted by Gasteiger charge is -2.06. The summed E-state index contributed by atoms with van der Waals surface area (Å²) in [6, 6.07) is 9.40. The van der Waals surface area contributed by atoms with Crippen molar-refractivity contribution in [3.63, 3.8) is 0 Å².